The number of ether oxygens (including phenoxy) is 2. The predicted octanol–water partition coefficient (Wildman–Crippen LogP) is 6.06. The molecule has 0 unspecified atom stereocenters. The summed E-state index contributed by atoms with van der Waals surface area (Å²) in [6.07, 6.45) is -4.75. The van der Waals surface area contributed by atoms with E-state index < -0.39 is 48.3 Å². The van der Waals surface area contributed by atoms with Gasteiger partial charge in [0.2, 0.25) is 0 Å². The number of para-hydroxylation sites is 2. The zero-order chi connectivity index (χ0) is 34.7. The van der Waals surface area contributed by atoms with Gasteiger partial charge in [0.1, 0.15) is 5.75 Å². The van der Waals surface area contributed by atoms with Gasteiger partial charge in [-0.15, -0.1) is 0 Å². The monoisotopic (exact) mass is 724 g/mol. The van der Waals surface area contributed by atoms with E-state index in [-0.39, 0.29) is 26.9 Å². The molecule has 4 aromatic carbocycles. The van der Waals surface area contributed by atoms with Crippen molar-refractivity contribution in [2.24, 2.45) is 0 Å². The smallest absolute Gasteiger partial charge is 0.416 e. The predicted molar refractivity (Wildman–Crippen MR) is 175 cm³/mol. The van der Waals surface area contributed by atoms with E-state index in [1.165, 1.54) is 37.4 Å². The second kappa shape index (κ2) is 13.9. The highest BCUT2D eigenvalue weighted by atomic mass is 35.5. The van der Waals surface area contributed by atoms with Crippen LogP contribution in [0.2, 0.25) is 5.02 Å². The summed E-state index contributed by atoms with van der Waals surface area (Å²) in [5.41, 5.74) is -0.950. The number of rotatable bonds is 10. The molecule has 4 aromatic rings. The van der Waals surface area contributed by atoms with Crippen LogP contribution in [0.1, 0.15) is 15.9 Å². The number of benzene rings is 4. The Morgan fingerprint density at radius 2 is 1.48 bits per heavy atom. The molecule has 0 saturated carbocycles. The summed E-state index contributed by atoms with van der Waals surface area (Å²) in [4.78, 5) is 14.8. The van der Waals surface area contributed by atoms with Gasteiger partial charge < -0.3 is 19.7 Å². The number of anilines is 4. The van der Waals surface area contributed by atoms with Gasteiger partial charge in [-0.1, -0.05) is 29.8 Å². The van der Waals surface area contributed by atoms with E-state index in [2.05, 4.69) is 10.0 Å². The van der Waals surface area contributed by atoms with Gasteiger partial charge in [-0.2, -0.15) is 13.2 Å². The number of morpholine rings is 1. The lowest BCUT2D eigenvalue weighted by Gasteiger charge is -2.30. The number of nitrogens with one attached hydrogen (secondary N) is 3. The Hall–Kier alpha value is -4.51. The Labute approximate surface area is 279 Å². The van der Waals surface area contributed by atoms with Crippen LogP contribution in [-0.4, -0.2) is 56.2 Å². The minimum absolute atomic E-state index is 0.118. The summed E-state index contributed by atoms with van der Waals surface area (Å²) >= 11 is 5.97. The largest absolute Gasteiger partial charge is 0.495 e. The fourth-order valence-corrected chi connectivity index (χ4v) is 7.21. The lowest BCUT2D eigenvalue weighted by molar-refractivity contribution is -0.137. The number of sulfonamides is 2. The number of alkyl halides is 3. The number of carbonyl (C=O) groups excluding carboxylic acids is 1. The Morgan fingerprint density at radius 3 is 2.17 bits per heavy atom. The van der Waals surface area contributed by atoms with Crippen molar-refractivity contribution in [1.29, 1.82) is 0 Å². The molecule has 48 heavy (non-hydrogen) atoms. The molecule has 0 atom stereocenters. The fourth-order valence-electron chi connectivity index (χ4n) is 4.78. The van der Waals surface area contributed by atoms with Crippen LogP contribution in [-0.2, 0) is 31.0 Å². The Kier molecular flexibility index (Phi) is 10.1. The van der Waals surface area contributed by atoms with Gasteiger partial charge in [0, 0.05) is 18.7 Å². The van der Waals surface area contributed by atoms with Gasteiger partial charge in [0.05, 0.1) is 63.5 Å². The number of hydrogen-bond acceptors (Lipinski definition) is 8. The molecule has 0 radical (unpaired) electrons. The maximum absolute atomic E-state index is 13.5. The van der Waals surface area contributed by atoms with E-state index in [9.17, 15) is 34.8 Å². The molecule has 17 heteroatoms. The highest BCUT2D eigenvalue weighted by Gasteiger charge is 2.31. The van der Waals surface area contributed by atoms with Crippen LogP contribution in [0.15, 0.2) is 94.7 Å². The van der Waals surface area contributed by atoms with Gasteiger partial charge >= 0.3 is 6.18 Å². The number of halogens is 4. The third kappa shape index (κ3) is 7.95. The first-order chi connectivity index (χ1) is 22.7. The third-order valence-corrected chi connectivity index (χ3v) is 10.2. The van der Waals surface area contributed by atoms with Crippen LogP contribution < -0.4 is 24.4 Å². The first-order valence-electron chi connectivity index (χ1n) is 14.1. The third-order valence-electron chi connectivity index (χ3n) is 7.17. The molecule has 1 fully saturated rings. The quantitative estimate of drug-likeness (QED) is 0.179. The average Bonchev–Trinajstić information content (AvgIpc) is 3.05. The summed E-state index contributed by atoms with van der Waals surface area (Å²) in [5.74, 6) is -0.495. The molecular formula is C31H28ClF3N4O7S2. The lowest BCUT2D eigenvalue weighted by Crippen LogP contribution is -2.36. The molecule has 0 aromatic heterocycles. The van der Waals surface area contributed by atoms with Crippen LogP contribution in [0.5, 0.6) is 5.75 Å². The second-order valence-electron chi connectivity index (χ2n) is 10.4. The highest BCUT2D eigenvalue weighted by Crippen LogP contribution is 2.35. The number of hydrogen-bond donors (Lipinski definition) is 3. The highest BCUT2D eigenvalue weighted by molar-refractivity contribution is 7.93. The lowest BCUT2D eigenvalue weighted by atomic mass is 10.2. The molecule has 0 bridgehead atoms. The number of amides is 1. The van der Waals surface area contributed by atoms with E-state index in [0.717, 1.165) is 18.2 Å². The number of methoxy groups -OCH3 is 1. The summed E-state index contributed by atoms with van der Waals surface area (Å²) in [5, 5.41) is 2.41. The Morgan fingerprint density at radius 1 is 0.812 bits per heavy atom. The SMILES string of the molecule is COc1ccccc1NS(=O)(=O)c1ccc(N2CCOCC2)c(NC(=O)c2cccc(S(=O)(=O)Nc3cc(C(F)(F)F)ccc3Cl)c2)c1. The molecule has 1 heterocycles. The van der Waals surface area contributed by atoms with E-state index in [4.69, 9.17) is 21.1 Å². The van der Waals surface area contributed by atoms with Crippen molar-refractivity contribution < 1.29 is 44.3 Å². The number of nitrogens with zero attached hydrogens (tertiary/aromatic N) is 1. The molecule has 0 spiro atoms. The molecule has 254 valence electrons. The zero-order valence-corrected chi connectivity index (χ0v) is 27.4. The molecule has 5 rings (SSSR count). The first-order valence-corrected chi connectivity index (χ1v) is 17.5. The molecule has 1 aliphatic rings. The average molecular weight is 725 g/mol. The molecule has 1 aliphatic heterocycles. The van der Waals surface area contributed by atoms with Gasteiger partial charge in [-0.05, 0) is 66.7 Å². The van der Waals surface area contributed by atoms with E-state index in [1.54, 1.807) is 24.3 Å². The number of carbonyl (C=O) groups is 1. The van der Waals surface area contributed by atoms with Crippen LogP contribution in [0.25, 0.3) is 0 Å². The van der Waals surface area contributed by atoms with E-state index in [1.807, 2.05) is 9.62 Å². The molecular weight excluding hydrogens is 697 g/mol. The zero-order valence-electron chi connectivity index (χ0n) is 25.0. The van der Waals surface area contributed by atoms with Crippen molar-refractivity contribution in [3.63, 3.8) is 0 Å². The van der Waals surface area contributed by atoms with Crippen LogP contribution >= 0.6 is 11.6 Å². The van der Waals surface area contributed by atoms with Gasteiger partial charge in [0.25, 0.3) is 26.0 Å². The topological polar surface area (TPSA) is 143 Å². The van der Waals surface area contributed by atoms with Crippen molar-refractivity contribution in [1.82, 2.24) is 0 Å². The van der Waals surface area contributed by atoms with E-state index >= 15 is 0 Å². The van der Waals surface area contributed by atoms with Gasteiger partial charge in [-0.3, -0.25) is 14.2 Å². The van der Waals surface area contributed by atoms with Crippen molar-refractivity contribution in [2.75, 3.05) is 53.1 Å². The van der Waals surface area contributed by atoms with Gasteiger partial charge in [0.15, 0.2) is 0 Å². The van der Waals surface area contributed by atoms with Crippen molar-refractivity contribution in [3.05, 3.63) is 101 Å². The maximum atomic E-state index is 13.5. The normalized spacial score (nSPS) is 13.9. The van der Waals surface area contributed by atoms with Crippen LogP contribution in [0.4, 0.5) is 35.9 Å². The van der Waals surface area contributed by atoms with Crippen molar-refractivity contribution in [3.8, 4) is 5.75 Å². The summed E-state index contributed by atoms with van der Waals surface area (Å²) in [7, 11) is -7.30. The fraction of sp³-hybridized carbons (Fsp3) is 0.194. The molecule has 1 amide bonds. The maximum Gasteiger partial charge on any atom is 0.416 e. The Balaban J connectivity index is 1.45. The van der Waals surface area contributed by atoms with Gasteiger partial charge in [-0.25, -0.2) is 16.8 Å². The standard InChI is InChI=1S/C31H28ClF3N4O7S2/c1-45-29-8-3-2-7-25(29)37-48(43,44)23-10-12-28(39-13-15-46-16-14-39)27(19-23)36-30(40)20-5-4-6-22(17-20)47(41,42)38-26-18-21(31(33,34)35)9-11-24(26)32/h2-12,17-19,37-38H,13-16H2,1H3,(H,36,40). The minimum atomic E-state index is -4.75. The van der Waals surface area contributed by atoms with Crippen molar-refractivity contribution in [2.45, 2.75) is 16.0 Å². The van der Waals surface area contributed by atoms with Crippen molar-refractivity contribution >= 4 is 60.3 Å². The molecule has 1 saturated heterocycles. The minimum Gasteiger partial charge on any atom is -0.495 e. The summed E-state index contributed by atoms with van der Waals surface area (Å²) in [6.45, 7) is 1.69. The second-order valence-corrected chi connectivity index (χ2v) is 14.1. The molecule has 3 N–H and O–H groups in total. The van der Waals surface area contributed by atoms with Crippen LogP contribution in [0, 0.1) is 0 Å². The summed E-state index contributed by atoms with van der Waals surface area (Å²) in [6, 6.07) is 17.6. The van der Waals surface area contributed by atoms with Crippen LogP contribution in [0.3, 0.4) is 0 Å². The first kappa shape index (κ1) is 34.8. The molecule has 0 aliphatic carbocycles. The molecule has 11 nitrogen and oxygen atoms in total. The van der Waals surface area contributed by atoms with E-state index in [0.29, 0.717) is 49.9 Å². The Bertz CT molecular complexity index is 2060. The summed E-state index contributed by atoms with van der Waals surface area (Å²) < 4.78 is 108.